The Labute approximate surface area is 108 Å². The summed E-state index contributed by atoms with van der Waals surface area (Å²) >= 11 is 0. The minimum Gasteiger partial charge on any atom is -0.285 e. The molecular weight excluding hydrogens is 222 g/mol. The highest BCUT2D eigenvalue weighted by molar-refractivity contribution is 5.33. The lowest BCUT2D eigenvalue weighted by Gasteiger charge is -2.26. The first kappa shape index (κ1) is 11.5. The lowest BCUT2D eigenvalue weighted by atomic mass is 9.82. The Morgan fingerprint density at radius 3 is 2.56 bits per heavy atom. The normalized spacial score (nSPS) is 18.1. The van der Waals surface area contributed by atoms with Crippen molar-refractivity contribution in [3.05, 3.63) is 42.5 Å². The van der Waals surface area contributed by atoms with E-state index in [1.165, 1.54) is 25.7 Å². The number of benzene rings is 1. The van der Waals surface area contributed by atoms with Gasteiger partial charge in [0.05, 0.1) is 0 Å². The van der Waals surface area contributed by atoms with E-state index in [2.05, 4.69) is 46.0 Å². The van der Waals surface area contributed by atoms with E-state index in [-0.39, 0.29) is 5.41 Å². The molecule has 0 spiro atoms. The van der Waals surface area contributed by atoms with Gasteiger partial charge in [-0.15, -0.1) is 10.2 Å². The molecule has 0 N–H and O–H groups in total. The summed E-state index contributed by atoms with van der Waals surface area (Å²) in [7, 11) is 0. The Balaban J connectivity index is 2.06. The minimum absolute atomic E-state index is 0.242. The highest BCUT2D eigenvalue weighted by Gasteiger charge is 2.38. The summed E-state index contributed by atoms with van der Waals surface area (Å²) in [6.07, 6.45) is 8.12. The van der Waals surface area contributed by atoms with Crippen LogP contribution in [-0.2, 0) is 5.41 Å². The summed E-state index contributed by atoms with van der Waals surface area (Å²) in [5.41, 5.74) is 1.41. The number of aromatic nitrogens is 3. The van der Waals surface area contributed by atoms with Gasteiger partial charge in [0.2, 0.25) is 0 Å². The van der Waals surface area contributed by atoms with E-state index in [4.69, 9.17) is 0 Å². The Kier molecular flexibility index (Phi) is 2.90. The van der Waals surface area contributed by atoms with Gasteiger partial charge in [-0.2, -0.15) is 0 Å². The van der Waals surface area contributed by atoms with Gasteiger partial charge in [-0.25, -0.2) is 0 Å². The fraction of sp³-hybridized carbons (Fsp3) is 0.467. The molecule has 18 heavy (non-hydrogen) atoms. The van der Waals surface area contributed by atoms with Crippen LogP contribution in [0.3, 0.4) is 0 Å². The van der Waals surface area contributed by atoms with Crippen molar-refractivity contribution in [2.45, 2.75) is 44.4 Å². The molecule has 3 nitrogen and oxygen atoms in total. The summed E-state index contributed by atoms with van der Waals surface area (Å²) in [5, 5.41) is 8.58. The van der Waals surface area contributed by atoms with E-state index < -0.39 is 0 Å². The predicted molar refractivity (Wildman–Crippen MR) is 71.8 cm³/mol. The predicted octanol–water partition coefficient (Wildman–Crippen LogP) is 3.49. The van der Waals surface area contributed by atoms with E-state index in [0.29, 0.717) is 0 Å². The van der Waals surface area contributed by atoms with Crippen molar-refractivity contribution < 1.29 is 0 Å². The van der Waals surface area contributed by atoms with Gasteiger partial charge in [0, 0.05) is 11.1 Å². The third-order valence-corrected chi connectivity index (χ3v) is 4.29. The zero-order valence-electron chi connectivity index (χ0n) is 10.8. The molecule has 3 rings (SSSR count). The second kappa shape index (κ2) is 4.56. The molecule has 0 bridgehead atoms. The zero-order valence-corrected chi connectivity index (χ0v) is 10.8. The molecule has 1 heterocycles. The molecular formula is C15H19N3. The van der Waals surface area contributed by atoms with Crippen LogP contribution in [0.2, 0.25) is 0 Å². The average Bonchev–Trinajstić information content (AvgIpc) is 3.09. The molecule has 0 aliphatic heterocycles. The Morgan fingerprint density at radius 1 is 1.17 bits per heavy atom. The molecule has 0 radical (unpaired) electrons. The number of hydrogen-bond acceptors (Lipinski definition) is 2. The summed E-state index contributed by atoms with van der Waals surface area (Å²) in [5.74, 6) is 1.15. The van der Waals surface area contributed by atoms with E-state index in [1.54, 1.807) is 0 Å². The molecule has 0 amide bonds. The van der Waals surface area contributed by atoms with Crippen molar-refractivity contribution in [3.8, 4) is 5.69 Å². The highest BCUT2D eigenvalue weighted by atomic mass is 15.3. The van der Waals surface area contributed by atoms with Gasteiger partial charge in [0.25, 0.3) is 0 Å². The summed E-state index contributed by atoms with van der Waals surface area (Å²) in [6, 6.07) is 10.4. The standard InChI is InChI=1S/C15H19N3/c1-2-15(10-6-7-11-15)14-17-16-12-18(14)13-8-4-3-5-9-13/h3-5,8-9,12H,2,6-7,10-11H2,1H3. The summed E-state index contributed by atoms with van der Waals surface area (Å²) in [4.78, 5) is 0. The Hall–Kier alpha value is -1.64. The van der Waals surface area contributed by atoms with E-state index in [1.807, 2.05) is 12.4 Å². The zero-order chi connectivity index (χ0) is 12.4. The van der Waals surface area contributed by atoms with E-state index >= 15 is 0 Å². The molecule has 1 saturated carbocycles. The van der Waals surface area contributed by atoms with Crippen molar-refractivity contribution in [1.82, 2.24) is 14.8 Å². The van der Waals surface area contributed by atoms with Crippen molar-refractivity contribution >= 4 is 0 Å². The lowest BCUT2D eigenvalue weighted by molar-refractivity contribution is 0.392. The first-order chi connectivity index (χ1) is 8.86. The molecule has 1 aromatic carbocycles. The summed E-state index contributed by atoms with van der Waals surface area (Å²) in [6.45, 7) is 2.27. The third kappa shape index (κ3) is 1.74. The second-order valence-corrected chi connectivity index (χ2v) is 5.20. The fourth-order valence-electron chi connectivity index (χ4n) is 3.16. The van der Waals surface area contributed by atoms with Crippen LogP contribution in [0.5, 0.6) is 0 Å². The van der Waals surface area contributed by atoms with Crippen molar-refractivity contribution in [1.29, 1.82) is 0 Å². The fourth-order valence-corrected chi connectivity index (χ4v) is 3.16. The highest BCUT2D eigenvalue weighted by Crippen LogP contribution is 2.43. The SMILES string of the molecule is CCC1(c2nncn2-c2ccccc2)CCCC1. The molecule has 94 valence electrons. The van der Waals surface area contributed by atoms with Crippen LogP contribution >= 0.6 is 0 Å². The first-order valence-electron chi connectivity index (χ1n) is 6.82. The van der Waals surface area contributed by atoms with Gasteiger partial charge in [-0.1, -0.05) is 38.0 Å². The monoisotopic (exact) mass is 241 g/mol. The molecule has 1 aliphatic rings. The smallest absolute Gasteiger partial charge is 0.143 e. The lowest BCUT2D eigenvalue weighted by Crippen LogP contribution is -2.25. The van der Waals surface area contributed by atoms with Gasteiger partial charge < -0.3 is 0 Å². The molecule has 2 aromatic rings. The minimum atomic E-state index is 0.242. The number of para-hydroxylation sites is 1. The van der Waals surface area contributed by atoms with E-state index in [0.717, 1.165) is 17.9 Å². The van der Waals surface area contributed by atoms with Crippen LogP contribution in [0.1, 0.15) is 44.9 Å². The van der Waals surface area contributed by atoms with Crippen LogP contribution in [-0.4, -0.2) is 14.8 Å². The molecule has 1 aliphatic carbocycles. The average molecular weight is 241 g/mol. The van der Waals surface area contributed by atoms with Crippen LogP contribution in [0.15, 0.2) is 36.7 Å². The van der Waals surface area contributed by atoms with E-state index in [9.17, 15) is 0 Å². The quantitative estimate of drug-likeness (QED) is 0.823. The molecule has 3 heteroatoms. The van der Waals surface area contributed by atoms with Gasteiger partial charge in [-0.3, -0.25) is 4.57 Å². The maximum absolute atomic E-state index is 4.43. The molecule has 0 atom stereocenters. The van der Waals surface area contributed by atoms with Crippen LogP contribution in [0.25, 0.3) is 5.69 Å². The van der Waals surface area contributed by atoms with Crippen molar-refractivity contribution in [2.24, 2.45) is 0 Å². The summed E-state index contributed by atoms with van der Waals surface area (Å²) < 4.78 is 2.16. The van der Waals surface area contributed by atoms with Gasteiger partial charge in [-0.05, 0) is 31.4 Å². The Bertz CT molecular complexity index is 510. The van der Waals surface area contributed by atoms with Gasteiger partial charge >= 0.3 is 0 Å². The topological polar surface area (TPSA) is 30.7 Å². The third-order valence-electron chi connectivity index (χ3n) is 4.29. The van der Waals surface area contributed by atoms with Crippen LogP contribution in [0.4, 0.5) is 0 Å². The maximum atomic E-state index is 4.43. The molecule has 1 aromatic heterocycles. The molecule has 0 unspecified atom stereocenters. The van der Waals surface area contributed by atoms with Crippen molar-refractivity contribution in [2.75, 3.05) is 0 Å². The Morgan fingerprint density at radius 2 is 1.89 bits per heavy atom. The largest absolute Gasteiger partial charge is 0.285 e. The number of nitrogens with zero attached hydrogens (tertiary/aromatic N) is 3. The number of hydrogen-bond donors (Lipinski definition) is 0. The van der Waals surface area contributed by atoms with Crippen molar-refractivity contribution in [3.63, 3.8) is 0 Å². The van der Waals surface area contributed by atoms with Gasteiger partial charge in [0.15, 0.2) is 0 Å². The molecule has 1 fully saturated rings. The maximum Gasteiger partial charge on any atom is 0.143 e. The van der Waals surface area contributed by atoms with Crippen LogP contribution in [0, 0.1) is 0 Å². The second-order valence-electron chi connectivity index (χ2n) is 5.20. The number of rotatable bonds is 3. The van der Waals surface area contributed by atoms with Crippen LogP contribution < -0.4 is 0 Å². The first-order valence-corrected chi connectivity index (χ1v) is 6.82. The van der Waals surface area contributed by atoms with Gasteiger partial charge in [0.1, 0.15) is 12.2 Å². The molecule has 0 saturated heterocycles.